The van der Waals surface area contributed by atoms with Gasteiger partial charge in [0.15, 0.2) is 0 Å². The van der Waals surface area contributed by atoms with E-state index in [9.17, 15) is 13.2 Å². The van der Waals surface area contributed by atoms with Gasteiger partial charge in [0.1, 0.15) is 0 Å². The van der Waals surface area contributed by atoms with Crippen molar-refractivity contribution in [1.82, 2.24) is 0 Å². The van der Waals surface area contributed by atoms with Gasteiger partial charge in [0, 0.05) is 16.9 Å². The Bertz CT molecular complexity index is 1120. The van der Waals surface area contributed by atoms with E-state index in [0.29, 0.717) is 11.3 Å². The van der Waals surface area contributed by atoms with Gasteiger partial charge in [-0.2, -0.15) is 0 Å². The molecule has 3 rings (SSSR count). The summed E-state index contributed by atoms with van der Waals surface area (Å²) in [5.74, 6) is -0.234. The first-order valence-corrected chi connectivity index (χ1v) is 10.9. The van der Waals surface area contributed by atoms with Gasteiger partial charge in [-0.25, -0.2) is 8.42 Å². The van der Waals surface area contributed by atoms with Crippen LogP contribution in [0.2, 0.25) is 0 Å². The van der Waals surface area contributed by atoms with Crippen molar-refractivity contribution < 1.29 is 13.2 Å². The largest absolute Gasteiger partial charge is 0.321 e. The summed E-state index contributed by atoms with van der Waals surface area (Å²) in [6.45, 7) is 5.89. The van der Waals surface area contributed by atoms with Crippen LogP contribution in [0.1, 0.15) is 34.0 Å². The molecule has 0 aliphatic carbocycles. The van der Waals surface area contributed by atoms with Crippen LogP contribution in [0.4, 0.5) is 11.4 Å². The fourth-order valence-corrected chi connectivity index (χ4v) is 4.07. The standard InChI is InChI=1S/C23H24N2O3S/c1-4-18-7-5-6-17(3)22(18)24-23(26)19-10-12-20(13-11-19)25-29(27,28)21-14-8-16(2)9-15-21/h5-15,25H,4H2,1-3H3,(H,24,26). The molecular weight excluding hydrogens is 384 g/mol. The molecule has 5 nitrogen and oxygen atoms in total. The lowest BCUT2D eigenvalue weighted by Crippen LogP contribution is -2.15. The number of hydrogen-bond donors (Lipinski definition) is 2. The molecule has 3 aromatic rings. The van der Waals surface area contributed by atoms with Crippen LogP contribution in [-0.2, 0) is 16.4 Å². The molecule has 29 heavy (non-hydrogen) atoms. The quantitative estimate of drug-likeness (QED) is 0.608. The van der Waals surface area contributed by atoms with Crippen molar-refractivity contribution in [2.24, 2.45) is 0 Å². The Kier molecular flexibility index (Phi) is 6.03. The Morgan fingerprint density at radius 2 is 1.55 bits per heavy atom. The molecule has 0 spiro atoms. The van der Waals surface area contributed by atoms with E-state index in [4.69, 9.17) is 0 Å². The molecule has 0 aliphatic rings. The van der Waals surface area contributed by atoms with E-state index in [1.165, 1.54) is 0 Å². The number of carbonyl (C=O) groups is 1. The molecule has 0 aliphatic heterocycles. The number of aryl methyl sites for hydroxylation is 3. The molecule has 6 heteroatoms. The summed E-state index contributed by atoms with van der Waals surface area (Å²) >= 11 is 0. The molecule has 150 valence electrons. The van der Waals surface area contributed by atoms with Crippen LogP contribution in [-0.4, -0.2) is 14.3 Å². The van der Waals surface area contributed by atoms with E-state index in [1.807, 2.05) is 39.0 Å². The number of carbonyl (C=O) groups excluding carboxylic acids is 1. The molecule has 0 aromatic heterocycles. The van der Waals surface area contributed by atoms with Gasteiger partial charge in [-0.15, -0.1) is 0 Å². The van der Waals surface area contributed by atoms with Crippen LogP contribution in [0.15, 0.2) is 71.6 Å². The van der Waals surface area contributed by atoms with Crippen molar-refractivity contribution >= 4 is 27.3 Å². The highest BCUT2D eigenvalue weighted by molar-refractivity contribution is 7.92. The second-order valence-electron chi connectivity index (χ2n) is 6.91. The molecule has 3 aromatic carbocycles. The zero-order chi connectivity index (χ0) is 21.0. The average Bonchev–Trinajstić information content (AvgIpc) is 2.70. The first kappa shape index (κ1) is 20.6. The second kappa shape index (κ2) is 8.49. The minimum absolute atomic E-state index is 0.191. The maximum absolute atomic E-state index is 12.6. The highest BCUT2D eigenvalue weighted by Gasteiger charge is 2.15. The summed E-state index contributed by atoms with van der Waals surface area (Å²) < 4.78 is 27.5. The van der Waals surface area contributed by atoms with Gasteiger partial charge in [0.2, 0.25) is 0 Å². The fourth-order valence-electron chi connectivity index (χ4n) is 3.01. The van der Waals surface area contributed by atoms with Crippen molar-refractivity contribution in [3.8, 4) is 0 Å². The van der Waals surface area contributed by atoms with Gasteiger partial charge in [-0.1, -0.05) is 42.8 Å². The summed E-state index contributed by atoms with van der Waals surface area (Å²) in [5.41, 5.74) is 4.73. The molecule has 0 fully saturated rings. The number of amides is 1. The van der Waals surface area contributed by atoms with E-state index in [0.717, 1.165) is 28.8 Å². The number of nitrogens with one attached hydrogen (secondary N) is 2. The molecule has 0 saturated carbocycles. The van der Waals surface area contributed by atoms with Gasteiger partial charge in [-0.05, 0) is 67.8 Å². The van der Waals surface area contributed by atoms with Crippen molar-refractivity contribution in [2.75, 3.05) is 10.0 Å². The zero-order valence-corrected chi connectivity index (χ0v) is 17.5. The van der Waals surface area contributed by atoms with Crippen molar-refractivity contribution in [3.05, 3.63) is 89.0 Å². The Balaban J connectivity index is 1.75. The van der Waals surface area contributed by atoms with Crippen molar-refractivity contribution in [3.63, 3.8) is 0 Å². The molecule has 0 atom stereocenters. The first-order chi connectivity index (χ1) is 13.8. The number of benzene rings is 3. The smallest absolute Gasteiger partial charge is 0.261 e. The zero-order valence-electron chi connectivity index (χ0n) is 16.7. The summed E-state index contributed by atoms with van der Waals surface area (Å²) in [5, 5.41) is 2.97. The minimum Gasteiger partial charge on any atom is -0.321 e. The Morgan fingerprint density at radius 3 is 2.17 bits per heavy atom. The molecular formula is C23H24N2O3S. The lowest BCUT2D eigenvalue weighted by molar-refractivity contribution is 0.102. The molecule has 1 amide bonds. The minimum atomic E-state index is -3.68. The van der Waals surface area contributed by atoms with Crippen molar-refractivity contribution in [2.45, 2.75) is 32.1 Å². The van der Waals surface area contributed by atoms with Crippen LogP contribution in [0.5, 0.6) is 0 Å². The Hall–Kier alpha value is -3.12. The Morgan fingerprint density at radius 1 is 0.897 bits per heavy atom. The van der Waals surface area contributed by atoms with Gasteiger partial charge in [-0.3, -0.25) is 9.52 Å². The van der Waals surface area contributed by atoms with E-state index >= 15 is 0 Å². The first-order valence-electron chi connectivity index (χ1n) is 9.39. The van der Waals surface area contributed by atoms with Gasteiger partial charge in [0.25, 0.3) is 15.9 Å². The molecule has 0 saturated heterocycles. The SMILES string of the molecule is CCc1cccc(C)c1NC(=O)c1ccc(NS(=O)(=O)c2ccc(C)cc2)cc1. The third kappa shape index (κ3) is 4.84. The van der Waals surface area contributed by atoms with Crippen LogP contribution in [0.3, 0.4) is 0 Å². The van der Waals surface area contributed by atoms with Gasteiger partial charge < -0.3 is 5.32 Å². The fraction of sp³-hybridized carbons (Fsp3) is 0.174. The number of para-hydroxylation sites is 1. The second-order valence-corrected chi connectivity index (χ2v) is 8.60. The third-order valence-corrected chi connectivity index (χ3v) is 6.11. The normalized spacial score (nSPS) is 11.1. The monoisotopic (exact) mass is 408 g/mol. The summed E-state index contributed by atoms with van der Waals surface area (Å²) in [6, 6.07) is 18.9. The van der Waals surface area contributed by atoms with E-state index in [1.54, 1.807) is 48.5 Å². The molecule has 0 bridgehead atoms. The number of rotatable bonds is 6. The average molecular weight is 409 g/mol. The van der Waals surface area contributed by atoms with E-state index in [-0.39, 0.29) is 10.8 Å². The van der Waals surface area contributed by atoms with Crippen molar-refractivity contribution in [1.29, 1.82) is 0 Å². The number of hydrogen-bond acceptors (Lipinski definition) is 3. The van der Waals surface area contributed by atoms with Gasteiger partial charge in [0.05, 0.1) is 4.90 Å². The number of sulfonamides is 1. The Labute approximate surface area is 171 Å². The summed E-state index contributed by atoms with van der Waals surface area (Å²) in [6.07, 6.45) is 0.816. The predicted molar refractivity (Wildman–Crippen MR) is 117 cm³/mol. The van der Waals surface area contributed by atoms with Crippen LogP contribution in [0, 0.1) is 13.8 Å². The maximum atomic E-state index is 12.6. The summed E-state index contributed by atoms with van der Waals surface area (Å²) in [4.78, 5) is 12.8. The highest BCUT2D eigenvalue weighted by Crippen LogP contribution is 2.23. The van der Waals surface area contributed by atoms with Crippen LogP contribution < -0.4 is 10.0 Å². The summed E-state index contributed by atoms with van der Waals surface area (Å²) in [7, 11) is -3.68. The molecule has 0 unspecified atom stereocenters. The van der Waals surface area contributed by atoms with E-state index in [2.05, 4.69) is 10.0 Å². The lowest BCUT2D eigenvalue weighted by atomic mass is 10.1. The number of anilines is 2. The van der Waals surface area contributed by atoms with Crippen LogP contribution in [0.25, 0.3) is 0 Å². The molecule has 0 heterocycles. The van der Waals surface area contributed by atoms with Gasteiger partial charge >= 0.3 is 0 Å². The topological polar surface area (TPSA) is 75.3 Å². The van der Waals surface area contributed by atoms with E-state index < -0.39 is 10.0 Å². The lowest BCUT2D eigenvalue weighted by Gasteiger charge is -2.13. The molecule has 2 N–H and O–H groups in total. The highest BCUT2D eigenvalue weighted by atomic mass is 32.2. The molecule has 0 radical (unpaired) electrons. The van der Waals surface area contributed by atoms with Crippen LogP contribution >= 0.6 is 0 Å². The maximum Gasteiger partial charge on any atom is 0.261 e. The third-order valence-electron chi connectivity index (χ3n) is 4.71. The predicted octanol–water partition coefficient (Wildman–Crippen LogP) is 4.92.